The van der Waals surface area contributed by atoms with Gasteiger partial charge < -0.3 is 10.2 Å². The summed E-state index contributed by atoms with van der Waals surface area (Å²) in [5.74, 6) is -0.128. The van der Waals surface area contributed by atoms with E-state index in [-0.39, 0.29) is 23.3 Å². The number of halogens is 1. The first kappa shape index (κ1) is 11.3. The fourth-order valence-electron chi connectivity index (χ4n) is 2.42. The van der Waals surface area contributed by atoms with Gasteiger partial charge in [0.25, 0.3) is 0 Å². The third kappa shape index (κ3) is 1.85. The van der Waals surface area contributed by atoms with Gasteiger partial charge in [-0.1, -0.05) is 13.8 Å². The lowest BCUT2D eigenvalue weighted by atomic mass is 9.62. The molecule has 0 aromatic heterocycles. The molecule has 0 saturated heterocycles. The highest BCUT2D eigenvalue weighted by Gasteiger charge is 2.49. The van der Waals surface area contributed by atoms with Crippen molar-refractivity contribution in [1.29, 1.82) is 0 Å². The van der Waals surface area contributed by atoms with E-state index in [0.29, 0.717) is 6.42 Å². The highest BCUT2D eigenvalue weighted by atomic mass is 35.5. The molecule has 78 valence electrons. The molecule has 1 fully saturated rings. The van der Waals surface area contributed by atoms with Crippen LogP contribution in [0.25, 0.3) is 0 Å². The maximum absolute atomic E-state index is 10.1. The third-order valence-corrected chi connectivity index (χ3v) is 4.32. The van der Waals surface area contributed by atoms with Crippen molar-refractivity contribution < 1.29 is 10.2 Å². The van der Waals surface area contributed by atoms with Crippen molar-refractivity contribution in [2.75, 3.05) is 6.61 Å². The first-order valence-electron chi connectivity index (χ1n) is 4.79. The van der Waals surface area contributed by atoms with Gasteiger partial charge in [0.1, 0.15) is 0 Å². The molecule has 0 spiro atoms. The zero-order valence-corrected chi connectivity index (χ0v) is 9.30. The van der Waals surface area contributed by atoms with Crippen molar-refractivity contribution in [3.05, 3.63) is 0 Å². The van der Waals surface area contributed by atoms with Crippen LogP contribution in [0.15, 0.2) is 0 Å². The molecule has 0 aromatic carbocycles. The second-order valence-electron chi connectivity index (χ2n) is 4.92. The second-order valence-corrected chi connectivity index (χ2v) is 5.45. The lowest BCUT2D eigenvalue weighted by molar-refractivity contribution is -0.106. The maximum Gasteiger partial charge on any atom is 0.0675 e. The number of alkyl halides is 1. The minimum absolute atomic E-state index is 0.00319. The van der Waals surface area contributed by atoms with Crippen LogP contribution < -0.4 is 0 Å². The standard InChI is InChI=1S/C10H19ClO2/c1-9(2)7(6-12)10(3,13)5-4-8(9)11/h7-8,12-13H,4-6H2,1-3H3/t7-,8-,10-/m0/s1. The molecule has 3 heteroatoms. The molecule has 1 aliphatic carbocycles. The van der Waals surface area contributed by atoms with Crippen LogP contribution in [0, 0.1) is 11.3 Å². The van der Waals surface area contributed by atoms with Gasteiger partial charge in [0, 0.05) is 17.9 Å². The summed E-state index contributed by atoms with van der Waals surface area (Å²) in [5, 5.41) is 19.4. The average molecular weight is 207 g/mol. The van der Waals surface area contributed by atoms with Gasteiger partial charge in [-0.2, -0.15) is 0 Å². The average Bonchev–Trinajstić information content (AvgIpc) is 1.98. The summed E-state index contributed by atoms with van der Waals surface area (Å²) in [6, 6.07) is 0. The topological polar surface area (TPSA) is 40.5 Å². The van der Waals surface area contributed by atoms with Crippen molar-refractivity contribution in [2.45, 2.75) is 44.6 Å². The Kier molecular flexibility index (Phi) is 2.96. The monoisotopic (exact) mass is 206 g/mol. The molecule has 0 aromatic rings. The van der Waals surface area contributed by atoms with Gasteiger partial charge in [-0.15, -0.1) is 11.6 Å². The number of aliphatic hydroxyl groups excluding tert-OH is 1. The van der Waals surface area contributed by atoms with E-state index in [1.54, 1.807) is 6.92 Å². The Bertz CT molecular complexity index is 189. The van der Waals surface area contributed by atoms with Gasteiger partial charge in [-0.05, 0) is 25.2 Å². The van der Waals surface area contributed by atoms with Gasteiger partial charge in [-0.25, -0.2) is 0 Å². The number of rotatable bonds is 1. The summed E-state index contributed by atoms with van der Waals surface area (Å²) >= 11 is 6.19. The fourth-order valence-corrected chi connectivity index (χ4v) is 2.68. The van der Waals surface area contributed by atoms with E-state index in [1.165, 1.54) is 0 Å². The Morgan fingerprint density at radius 1 is 1.38 bits per heavy atom. The smallest absolute Gasteiger partial charge is 0.0675 e. The maximum atomic E-state index is 10.1. The largest absolute Gasteiger partial charge is 0.396 e. The van der Waals surface area contributed by atoms with Crippen LogP contribution in [0.2, 0.25) is 0 Å². The summed E-state index contributed by atoms with van der Waals surface area (Å²) in [4.78, 5) is 0. The van der Waals surface area contributed by atoms with Crippen LogP contribution in [-0.4, -0.2) is 27.8 Å². The highest BCUT2D eigenvalue weighted by Crippen LogP contribution is 2.48. The molecule has 1 rings (SSSR count). The van der Waals surface area contributed by atoms with E-state index >= 15 is 0 Å². The summed E-state index contributed by atoms with van der Waals surface area (Å²) in [6.45, 7) is 5.82. The molecule has 1 saturated carbocycles. The lowest BCUT2D eigenvalue weighted by Crippen LogP contribution is -2.53. The molecule has 0 heterocycles. The molecule has 0 radical (unpaired) electrons. The van der Waals surface area contributed by atoms with Crippen LogP contribution in [0.3, 0.4) is 0 Å². The van der Waals surface area contributed by atoms with Gasteiger partial charge in [0.15, 0.2) is 0 Å². The predicted octanol–water partition coefficient (Wildman–Crippen LogP) is 1.77. The number of hydrogen-bond donors (Lipinski definition) is 2. The van der Waals surface area contributed by atoms with Gasteiger partial charge in [0.05, 0.1) is 5.60 Å². The Morgan fingerprint density at radius 3 is 2.31 bits per heavy atom. The molecule has 13 heavy (non-hydrogen) atoms. The van der Waals surface area contributed by atoms with Crippen molar-refractivity contribution in [3.63, 3.8) is 0 Å². The van der Waals surface area contributed by atoms with Crippen LogP contribution in [0.4, 0.5) is 0 Å². The number of hydrogen-bond acceptors (Lipinski definition) is 2. The van der Waals surface area contributed by atoms with Crippen molar-refractivity contribution in [3.8, 4) is 0 Å². The summed E-state index contributed by atoms with van der Waals surface area (Å²) in [7, 11) is 0. The molecule has 2 N–H and O–H groups in total. The summed E-state index contributed by atoms with van der Waals surface area (Å²) < 4.78 is 0. The molecule has 0 bridgehead atoms. The molecule has 2 nitrogen and oxygen atoms in total. The zero-order valence-electron chi connectivity index (χ0n) is 8.55. The number of aliphatic hydroxyl groups is 2. The van der Waals surface area contributed by atoms with E-state index in [2.05, 4.69) is 0 Å². The zero-order chi connectivity index (χ0) is 10.3. The van der Waals surface area contributed by atoms with Crippen molar-refractivity contribution >= 4 is 11.6 Å². The minimum atomic E-state index is -0.774. The lowest BCUT2D eigenvalue weighted by Gasteiger charge is -2.49. The fraction of sp³-hybridized carbons (Fsp3) is 1.00. The highest BCUT2D eigenvalue weighted by molar-refractivity contribution is 6.21. The van der Waals surface area contributed by atoms with Crippen LogP contribution in [0.5, 0.6) is 0 Å². The van der Waals surface area contributed by atoms with E-state index in [9.17, 15) is 10.2 Å². The van der Waals surface area contributed by atoms with Gasteiger partial charge in [-0.3, -0.25) is 0 Å². The Hall–Kier alpha value is 0.210. The normalized spacial score (nSPS) is 44.8. The molecular formula is C10H19ClO2. The van der Waals surface area contributed by atoms with E-state index in [0.717, 1.165) is 6.42 Å². The first-order valence-corrected chi connectivity index (χ1v) is 5.23. The van der Waals surface area contributed by atoms with Crippen molar-refractivity contribution in [1.82, 2.24) is 0 Å². The SMILES string of the molecule is CC1(C)[C@@H](Cl)CC[C@](C)(O)[C@H]1CO. The molecule has 1 aliphatic rings. The Balaban J connectivity index is 2.91. The molecule has 0 aliphatic heterocycles. The third-order valence-electron chi connectivity index (χ3n) is 3.54. The quantitative estimate of drug-likeness (QED) is 0.643. The van der Waals surface area contributed by atoms with Gasteiger partial charge in [0.2, 0.25) is 0 Å². The Labute approximate surface area is 84.9 Å². The summed E-state index contributed by atoms with van der Waals surface area (Å²) in [5.41, 5.74) is -0.971. The van der Waals surface area contributed by atoms with Crippen LogP contribution in [0.1, 0.15) is 33.6 Å². The molecule has 0 unspecified atom stereocenters. The molecule has 0 amide bonds. The summed E-state index contributed by atoms with van der Waals surface area (Å²) in [6.07, 6.45) is 1.49. The van der Waals surface area contributed by atoms with Crippen LogP contribution >= 0.6 is 11.6 Å². The van der Waals surface area contributed by atoms with E-state index < -0.39 is 5.60 Å². The Morgan fingerprint density at radius 2 is 1.92 bits per heavy atom. The first-order chi connectivity index (χ1) is 5.82. The van der Waals surface area contributed by atoms with E-state index in [1.807, 2.05) is 13.8 Å². The van der Waals surface area contributed by atoms with Gasteiger partial charge >= 0.3 is 0 Å². The minimum Gasteiger partial charge on any atom is -0.396 e. The second kappa shape index (κ2) is 3.41. The molecule has 3 atom stereocenters. The predicted molar refractivity (Wildman–Crippen MR) is 53.9 cm³/mol. The van der Waals surface area contributed by atoms with E-state index in [4.69, 9.17) is 11.6 Å². The van der Waals surface area contributed by atoms with Crippen LogP contribution in [-0.2, 0) is 0 Å². The van der Waals surface area contributed by atoms with Crippen molar-refractivity contribution in [2.24, 2.45) is 11.3 Å². The molecular weight excluding hydrogens is 188 g/mol.